The highest BCUT2D eigenvalue weighted by atomic mass is 15.1. The monoisotopic (exact) mass is 279 g/mol. The maximum atomic E-state index is 9.67. The fraction of sp³-hybridized carbons (Fsp3) is 0.438. The van der Waals surface area contributed by atoms with E-state index in [0.717, 1.165) is 29.7 Å². The van der Waals surface area contributed by atoms with Crippen molar-refractivity contribution in [1.29, 1.82) is 10.5 Å². The van der Waals surface area contributed by atoms with Crippen LogP contribution in [0.5, 0.6) is 0 Å². The van der Waals surface area contributed by atoms with E-state index in [2.05, 4.69) is 22.4 Å². The number of likely N-dealkylation sites (N-methyl/N-ethyl adjacent to an activating group) is 1. The Balaban J connectivity index is 2.08. The molecular weight excluding hydrogens is 262 g/mol. The summed E-state index contributed by atoms with van der Waals surface area (Å²) < 4.78 is 2.02. The van der Waals surface area contributed by atoms with E-state index >= 15 is 0 Å². The minimum atomic E-state index is -0.576. The first-order valence-corrected chi connectivity index (χ1v) is 7.15. The lowest BCUT2D eigenvalue weighted by Gasteiger charge is -2.27. The van der Waals surface area contributed by atoms with Crippen LogP contribution in [-0.2, 0) is 13.0 Å². The lowest BCUT2D eigenvalue weighted by atomic mass is 9.95. The van der Waals surface area contributed by atoms with Crippen molar-refractivity contribution in [2.75, 3.05) is 7.05 Å². The molecule has 1 aliphatic carbocycles. The lowest BCUT2D eigenvalue weighted by molar-refractivity contribution is 0.341. The minimum absolute atomic E-state index is 0.255. The van der Waals surface area contributed by atoms with Crippen molar-refractivity contribution in [3.63, 3.8) is 0 Å². The van der Waals surface area contributed by atoms with Crippen molar-refractivity contribution in [3.05, 3.63) is 30.1 Å². The van der Waals surface area contributed by atoms with Crippen molar-refractivity contribution in [2.45, 2.75) is 31.3 Å². The predicted molar refractivity (Wildman–Crippen MR) is 79.2 cm³/mol. The Labute approximate surface area is 123 Å². The Hall–Kier alpha value is -2.37. The highest BCUT2D eigenvalue weighted by molar-refractivity contribution is 5.76. The van der Waals surface area contributed by atoms with Gasteiger partial charge >= 0.3 is 0 Å². The van der Waals surface area contributed by atoms with Crippen LogP contribution in [0.4, 0.5) is 0 Å². The summed E-state index contributed by atoms with van der Waals surface area (Å²) in [6.07, 6.45) is 2.41. The summed E-state index contributed by atoms with van der Waals surface area (Å²) in [5.74, 6) is 1.11. The quantitative estimate of drug-likeness (QED) is 0.908. The number of fused-ring (bicyclic) bond motifs is 1. The summed E-state index contributed by atoms with van der Waals surface area (Å²) in [5.41, 5.74) is 1.29. The first-order valence-electron chi connectivity index (χ1n) is 7.15. The molecular formula is C16H17N5. The first kappa shape index (κ1) is 13.6. The molecule has 1 aliphatic rings. The zero-order valence-corrected chi connectivity index (χ0v) is 12.0. The third-order valence-electron chi connectivity index (χ3n) is 4.30. The van der Waals surface area contributed by atoms with Crippen LogP contribution in [-0.4, -0.2) is 22.1 Å². The Morgan fingerprint density at radius 3 is 2.76 bits per heavy atom. The Kier molecular flexibility index (Phi) is 3.37. The van der Waals surface area contributed by atoms with E-state index in [0.29, 0.717) is 12.5 Å². The van der Waals surface area contributed by atoms with Gasteiger partial charge in [-0.3, -0.25) is 0 Å². The van der Waals surface area contributed by atoms with Crippen LogP contribution in [0.2, 0.25) is 0 Å². The van der Waals surface area contributed by atoms with Crippen molar-refractivity contribution < 1.29 is 0 Å². The minimum Gasteiger partial charge on any atom is -0.324 e. The predicted octanol–water partition coefficient (Wildman–Crippen LogP) is 1.99. The van der Waals surface area contributed by atoms with Crippen LogP contribution < -0.4 is 5.32 Å². The van der Waals surface area contributed by atoms with Gasteiger partial charge < -0.3 is 9.88 Å². The van der Waals surface area contributed by atoms with E-state index in [4.69, 9.17) is 5.26 Å². The molecule has 106 valence electrons. The van der Waals surface area contributed by atoms with E-state index < -0.39 is 5.54 Å². The molecule has 5 heteroatoms. The highest BCUT2D eigenvalue weighted by Crippen LogP contribution is 2.40. The fourth-order valence-electron chi connectivity index (χ4n) is 2.93. The zero-order valence-electron chi connectivity index (χ0n) is 12.0. The van der Waals surface area contributed by atoms with Gasteiger partial charge in [-0.2, -0.15) is 10.5 Å². The van der Waals surface area contributed by atoms with Crippen molar-refractivity contribution in [1.82, 2.24) is 14.9 Å². The van der Waals surface area contributed by atoms with E-state index in [1.807, 2.05) is 35.9 Å². The fourth-order valence-corrected chi connectivity index (χ4v) is 2.93. The number of aromatic nitrogens is 2. The topological polar surface area (TPSA) is 77.4 Å². The summed E-state index contributed by atoms with van der Waals surface area (Å²) in [6.45, 7) is 0.530. The molecule has 5 nitrogen and oxygen atoms in total. The second-order valence-corrected chi connectivity index (χ2v) is 5.55. The molecule has 0 amide bonds. The first-order chi connectivity index (χ1) is 10.2. The average molecular weight is 279 g/mol. The number of rotatable bonds is 5. The van der Waals surface area contributed by atoms with Crippen LogP contribution >= 0.6 is 0 Å². The third kappa shape index (κ3) is 2.26. The molecule has 1 aromatic heterocycles. The van der Waals surface area contributed by atoms with Crippen molar-refractivity contribution >= 4 is 11.0 Å². The number of benzene rings is 1. The van der Waals surface area contributed by atoms with Gasteiger partial charge in [0.25, 0.3) is 0 Å². The number of hydrogen-bond donors (Lipinski definition) is 1. The molecule has 0 radical (unpaired) electrons. The molecule has 21 heavy (non-hydrogen) atoms. The average Bonchev–Trinajstić information content (AvgIpc) is 3.30. The second-order valence-electron chi connectivity index (χ2n) is 5.55. The van der Waals surface area contributed by atoms with E-state index in [1.54, 1.807) is 0 Å². The van der Waals surface area contributed by atoms with Gasteiger partial charge in [0.2, 0.25) is 0 Å². The lowest BCUT2D eigenvalue weighted by Crippen LogP contribution is -2.47. The molecule has 0 bridgehead atoms. The van der Waals surface area contributed by atoms with Crippen LogP contribution in [0, 0.1) is 28.6 Å². The summed E-state index contributed by atoms with van der Waals surface area (Å²) in [7, 11) is 1.84. The van der Waals surface area contributed by atoms with Gasteiger partial charge in [-0.1, -0.05) is 12.1 Å². The normalized spacial score (nSPS) is 17.1. The maximum absolute atomic E-state index is 9.67. The Morgan fingerprint density at radius 2 is 2.14 bits per heavy atom. The molecule has 1 fully saturated rings. The van der Waals surface area contributed by atoms with Gasteiger partial charge in [0.05, 0.1) is 36.1 Å². The molecule has 1 aromatic carbocycles. The molecule has 1 saturated carbocycles. The van der Waals surface area contributed by atoms with Gasteiger partial charge in [-0.25, -0.2) is 4.98 Å². The third-order valence-corrected chi connectivity index (χ3v) is 4.30. The molecule has 0 saturated heterocycles. The Bertz CT molecular complexity index is 744. The molecule has 0 aliphatic heterocycles. The summed E-state index contributed by atoms with van der Waals surface area (Å²) in [6, 6.07) is 12.5. The van der Waals surface area contributed by atoms with E-state index in [1.165, 1.54) is 0 Å². The number of nitriles is 2. The van der Waals surface area contributed by atoms with Gasteiger partial charge in [-0.15, -0.1) is 0 Å². The highest BCUT2D eigenvalue weighted by Gasteiger charge is 2.45. The molecule has 2 aromatic rings. The van der Waals surface area contributed by atoms with Crippen LogP contribution in [0.3, 0.4) is 0 Å². The maximum Gasteiger partial charge on any atom is 0.127 e. The number of imidazole rings is 1. The zero-order chi connectivity index (χ0) is 14.9. The molecule has 0 spiro atoms. The number of nitrogens with zero attached hydrogens (tertiary/aromatic N) is 4. The van der Waals surface area contributed by atoms with Crippen LogP contribution in [0.1, 0.15) is 18.7 Å². The van der Waals surface area contributed by atoms with Crippen molar-refractivity contribution in [2.24, 2.45) is 5.92 Å². The summed E-state index contributed by atoms with van der Waals surface area (Å²) in [5, 5.41) is 21.9. The van der Waals surface area contributed by atoms with Crippen LogP contribution in [0.25, 0.3) is 11.0 Å². The molecule has 1 atom stereocenters. The van der Waals surface area contributed by atoms with Gasteiger partial charge in [-0.05, 0) is 37.9 Å². The van der Waals surface area contributed by atoms with E-state index in [-0.39, 0.29) is 6.42 Å². The number of nitrogens with one attached hydrogen (secondary N) is 1. The number of hydrogen-bond acceptors (Lipinski definition) is 4. The van der Waals surface area contributed by atoms with Gasteiger partial charge in [0.15, 0.2) is 0 Å². The molecule has 3 rings (SSSR count). The van der Waals surface area contributed by atoms with Gasteiger partial charge in [0.1, 0.15) is 11.4 Å². The SMILES string of the molecule is CNC(C#N)(Cn1c(CC#N)nc2ccccc21)C1CC1. The van der Waals surface area contributed by atoms with Gasteiger partial charge in [0, 0.05) is 0 Å². The summed E-state index contributed by atoms with van der Waals surface area (Å²) in [4.78, 5) is 4.54. The summed E-state index contributed by atoms with van der Waals surface area (Å²) >= 11 is 0. The smallest absolute Gasteiger partial charge is 0.127 e. The van der Waals surface area contributed by atoms with Crippen LogP contribution in [0.15, 0.2) is 24.3 Å². The molecule has 1 N–H and O–H groups in total. The van der Waals surface area contributed by atoms with Crippen molar-refractivity contribution in [3.8, 4) is 12.1 Å². The van der Waals surface area contributed by atoms with E-state index in [9.17, 15) is 5.26 Å². The molecule has 1 heterocycles. The second kappa shape index (κ2) is 5.20. The standard InChI is InChI=1S/C16H17N5/c1-19-16(10-18,12-6-7-12)11-21-14-5-3-2-4-13(14)20-15(21)8-9-17/h2-5,12,19H,6-8,11H2,1H3. The largest absolute Gasteiger partial charge is 0.324 e. The Morgan fingerprint density at radius 1 is 1.38 bits per heavy atom. The number of para-hydroxylation sites is 2. The molecule has 1 unspecified atom stereocenters.